The highest BCUT2D eigenvalue weighted by Gasteiger charge is 2.34. The van der Waals surface area contributed by atoms with Gasteiger partial charge in [0.1, 0.15) is 0 Å². The molecule has 0 N–H and O–H groups in total. The van der Waals surface area contributed by atoms with Crippen LogP contribution in [-0.2, 0) is 13.0 Å². The van der Waals surface area contributed by atoms with Crippen molar-refractivity contribution in [1.82, 2.24) is 9.47 Å². The number of hydrogen-bond acceptors (Lipinski definition) is 2. The molecule has 2 aromatic rings. The van der Waals surface area contributed by atoms with Gasteiger partial charge in [0.15, 0.2) is 0 Å². The van der Waals surface area contributed by atoms with Gasteiger partial charge in [-0.2, -0.15) is 5.26 Å². The molecular formula is C20H25N3. The number of fused-ring (bicyclic) bond motifs is 3. The summed E-state index contributed by atoms with van der Waals surface area (Å²) in [5.74, 6) is 0.579. The first-order chi connectivity index (χ1) is 11.2. The van der Waals surface area contributed by atoms with Gasteiger partial charge in [-0.15, -0.1) is 0 Å². The quantitative estimate of drug-likeness (QED) is 0.843. The lowest BCUT2D eigenvalue weighted by atomic mass is 9.89. The second kappa shape index (κ2) is 5.69. The lowest BCUT2D eigenvalue weighted by Crippen LogP contribution is -2.40. The van der Waals surface area contributed by atoms with Crippen molar-refractivity contribution in [3.05, 3.63) is 35.0 Å². The van der Waals surface area contributed by atoms with E-state index in [1.807, 2.05) is 0 Å². The van der Waals surface area contributed by atoms with Crippen LogP contribution < -0.4 is 0 Å². The van der Waals surface area contributed by atoms with Crippen molar-refractivity contribution in [2.75, 3.05) is 13.1 Å². The fraction of sp³-hybridized carbons (Fsp3) is 0.550. The standard InChI is InChI=1S/C20H25N3/c1-14(2)15-7-8-18-17(13-15)16-5-3-6-19-20(16)23(18)12-11-22(19)10-4-9-21/h7-8,13-14,19H,3-6,10-12H2,1-2H3. The van der Waals surface area contributed by atoms with Crippen molar-refractivity contribution >= 4 is 10.9 Å². The van der Waals surface area contributed by atoms with E-state index in [2.05, 4.69) is 47.6 Å². The van der Waals surface area contributed by atoms with Crippen LogP contribution in [0, 0.1) is 11.3 Å². The third-order valence-electron chi connectivity index (χ3n) is 5.69. The third kappa shape index (κ3) is 2.28. The van der Waals surface area contributed by atoms with Gasteiger partial charge >= 0.3 is 0 Å². The van der Waals surface area contributed by atoms with Crippen LogP contribution in [0.5, 0.6) is 0 Å². The van der Waals surface area contributed by atoms with E-state index < -0.39 is 0 Å². The molecule has 3 nitrogen and oxygen atoms in total. The monoisotopic (exact) mass is 307 g/mol. The molecule has 1 atom stereocenters. The molecule has 1 unspecified atom stereocenters. The molecule has 1 aliphatic heterocycles. The van der Waals surface area contributed by atoms with Gasteiger partial charge in [0.25, 0.3) is 0 Å². The number of nitriles is 1. The van der Waals surface area contributed by atoms with E-state index in [1.54, 1.807) is 11.3 Å². The van der Waals surface area contributed by atoms with Gasteiger partial charge in [0, 0.05) is 42.7 Å². The minimum Gasteiger partial charge on any atom is -0.342 e. The Labute approximate surface area is 138 Å². The van der Waals surface area contributed by atoms with E-state index in [-0.39, 0.29) is 0 Å². The van der Waals surface area contributed by atoms with Crippen LogP contribution in [0.1, 0.15) is 61.9 Å². The highest BCUT2D eigenvalue weighted by atomic mass is 15.2. The van der Waals surface area contributed by atoms with E-state index in [0.29, 0.717) is 18.4 Å². The summed E-state index contributed by atoms with van der Waals surface area (Å²) < 4.78 is 2.57. The first kappa shape index (κ1) is 14.8. The lowest BCUT2D eigenvalue weighted by Gasteiger charge is -2.39. The van der Waals surface area contributed by atoms with Crippen LogP contribution in [0.25, 0.3) is 10.9 Å². The number of nitrogens with zero attached hydrogens (tertiary/aromatic N) is 3. The summed E-state index contributed by atoms with van der Waals surface area (Å²) in [5.41, 5.74) is 6.00. The second-order valence-corrected chi connectivity index (χ2v) is 7.30. The first-order valence-corrected chi connectivity index (χ1v) is 8.96. The Balaban J connectivity index is 1.84. The molecule has 0 fully saturated rings. The summed E-state index contributed by atoms with van der Waals surface area (Å²) >= 11 is 0. The van der Waals surface area contributed by atoms with Gasteiger partial charge < -0.3 is 4.57 Å². The molecule has 0 spiro atoms. The fourth-order valence-electron chi connectivity index (χ4n) is 4.52. The van der Waals surface area contributed by atoms with Gasteiger partial charge in [0.2, 0.25) is 0 Å². The Kier molecular flexibility index (Phi) is 3.66. The molecule has 0 saturated heterocycles. The Hall–Kier alpha value is -1.79. The SMILES string of the molecule is CC(C)c1ccc2c(c1)c1c3n2CCN(CCC#N)C3CCC1. The number of aryl methyl sites for hydroxylation is 1. The molecule has 0 bridgehead atoms. The van der Waals surface area contributed by atoms with E-state index in [0.717, 1.165) is 19.6 Å². The average molecular weight is 307 g/mol. The van der Waals surface area contributed by atoms with E-state index >= 15 is 0 Å². The Morgan fingerprint density at radius 1 is 1.30 bits per heavy atom. The smallest absolute Gasteiger partial charge is 0.0635 e. The van der Waals surface area contributed by atoms with Crippen molar-refractivity contribution in [2.45, 2.75) is 58.0 Å². The first-order valence-electron chi connectivity index (χ1n) is 8.96. The molecule has 0 amide bonds. The van der Waals surface area contributed by atoms with Crippen LogP contribution in [0.4, 0.5) is 0 Å². The van der Waals surface area contributed by atoms with Gasteiger partial charge in [-0.25, -0.2) is 0 Å². The largest absolute Gasteiger partial charge is 0.342 e. The molecule has 23 heavy (non-hydrogen) atoms. The number of benzene rings is 1. The van der Waals surface area contributed by atoms with Gasteiger partial charge in [0.05, 0.1) is 12.1 Å². The zero-order chi connectivity index (χ0) is 16.0. The normalized spacial score (nSPS) is 20.7. The minimum absolute atomic E-state index is 0.524. The fourth-order valence-corrected chi connectivity index (χ4v) is 4.52. The molecule has 1 aromatic heterocycles. The van der Waals surface area contributed by atoms with Crippen molar-refractivity contribution in [2.24, 2.45) is 0 Å². The van der Waals surface area contributed by atoms with Gasteiger partial charge in [-0.1, -0.05) is 19.9 Å². The Morgan fingerprint density at radius 3 is 2.96 bits per heavy atom. The molecule has 2 heterocycles. The van der Waals surface area contributed by atoms with Crippen molar-refractivity contribution in [3.63, 3.8) is 0 Å². The third-order valence-corrected chi connectivity index (χ3v) is 5.69. The van der Waals surface area contributed by atoms with Crippen LogP contribution in [0.3, 0.4) is 0 Å². The number of hydrogen-bond donors (Lipinski definition) is 0. The average Bonchev–Trinajstić information content (AvgIpc) is 2.89. The summed E-state index contributed by atoms with van der Waals surface area (Å²) in [6.45, 7) is 7.60. The zero-order valence-corrected chi connectivity index (χ0v) is 14.2. The highest BCUT2D eigenvalue weighted by Crippen LogP contribution is 2.43. The Morgan fingerprint density at radius 2 is 2.17 bits per heavy atom. The van der Waals surface area contributed by atoms with Crippen molar-refractivity contribution in [3.8, 4) is 6.07 Å². The van der Waals surface area contributed by atoms with Crippen LogP contribution in [0.15, 0.2) is 18.2 Å². The van der Waals surface area contributed by atoms with Gasteiger partial charge in [-0.05, 0) is 48.4 Å². The maximum absolute atomic E-state index is 8.93. The van der Waals surface area contributed by atoms with E-state index in [1.165, 1.54) is 35.7 Å². The predicted octanol–water partition coefficient (Wildman–Crippen LogP) is 4.37. The van der Waals surface area contributed by atoms with Gasteiger partial charge in [-0.3, -0.25) is 4.90 Å². The number of rotatable bonds is 3. The molecule has 1 aliphatic carbocycles. The molecule has 4 rings (SSSR count). The summed E-state index contributed by atoms with van der Waals surface area (Å²) in [6.07, 6.45) is 4.37. The molecule has 3 heteroatoms. The minimum atomic E-state index is 0.524. The number of aromatic nitrogens is 1. The van der Waals surface area contributed by atoms with E-state index in [9.17, 15) is 0 Å². The molecule has 0 saturated carbocycles. The molecule has 1 aromatic carbocycles. The topological polar surface area (TPSA) is 32.0 Å². The summed E-state index contributed by atoms with van der Waals surface area (Å²) in [7, 11) is 0. The van der Waals surface area contributed by atoms with Crippen molar-refractivity contribution < 1.29 is 0 Å². The zero-order valence-electron chi connectivity index (χ0n) is 14.2. The van der Waals surface area contributed by atoms with E-state index in [4.69, 9.17) is 5.26 Å². The Bertz CT molecular complexity index is 778. The van der Waals surface area contributed by atoms with Crippen LogP contribution in [0.2, 0.25) is 0 Å². The summed E-state index contributed by atoms with van der Waals surface area (Å²) in [5, 5.41) is 10.4. The second-order valence-electron chi connectivity index (χ2n) is 7.30. The summed E-state index contributed by atoms with van der Waals surface area (Å²) in [6, 6.07) is 9.91. The highest BCUT2D eigenvalue weighted by molar-refractivity contribution is 5.87. The summed E-state index contributed by atoms with van der Waals surface area (Å²) in [4.78, 5) is 2.55. The maximum atomic E-state index is 8.93. The van der Waals surface area contributed by atoms with Crippen LogP contribution >= 0.6 is 0 Å². The van der Waals surface area contributed by atoms with Crippen molar-refractivity contribution in [1.29, 1.82) is 5.26 Å². The molecular weight excluding hydrogens is 282 g/mol. The van der Waals surface area contributed by atoms with Crippen LogP contribution in [-0.4, -0.2) is 22.6 Å². The predicted molar refractivity (Wildman–Crippen MR) is 93.5 cm³/mol. The molecule has 2 aliphatic rings. The lowest BCUT2D eigenvalue weighted by molar-refractivity contribution is 0.144. The molecule has 0 radical (unpaired) electrons. The maximum Gasteiger partial charge on any atom is 0.0635 e. The molecule has 120 valence electrons.